The van der Waals surface area contributed by atoms with Gasteiger partial charge in [-0.05, 0) is 44.2 Å². The topological polar surface area (TPSA) is 64.6 Å². The van der Waals surface area contributed by atoms with Gasteiger partial charge in [-0.15, -0.1) is 0 Å². The summed E-state index contributed by atoms with van der Waals surface area (Å²) in [7, 11) is 1.43. The number of carbonyl (C=O) groups excluding carboxylic acids is 2. The Morgan fingerprint density at radius 3 is 2.60 bits per heavy atom. The second-order valence-corrected chi connectivity index (χ2v) is 6.74. The molecule has 1 aliphatic rings. The number of aryl methyl sites for hydroxylation is 1. The summed E-state index contributed by atoms with van der Waals surface area (Å²) in [6.45, 7) is 3.10. The highest BCUT2D eigenvalue weighted by atomic mass is 16.5. The summed E-state index contributed by atoms with van der Waals surface area (Å²) < 4.78 is 10.5. The zero-order valence-corrected chi connectivity index (χ0v) is 15.3. The Balaban J connectivity index is 1.64. The van der Waals surface area contributed by atoms with Crippen molar-refractivity contribution in [2.24, 2.45) is 11.8 Å². The number of amides is 1. The number of carbonyl (C=O) groups is 2. The first-order valence-electron chi connectivity index (χ1n) is 9.14. The summed E-state index contributed by atoms with van der Waals surface area (Å²) in [4.78, 5) is 23.8. The van der Waals surface area contributed by atoms with Crippen LogP contribution in [0.2, 0.25) is 0 Å². The molecule has 1 N–H and O–H groups in total. The fourth-order valence-electron chi connectivity index (χ4n) is 3.30. The molecule has 0 saturated heterocycles. The van der Waals surface area contributed by atoms with Crippen LogP contribution in [0.25, 0.3) is 0 Å². The van der Waals surface area contributed by atoms with Gasteiger partial charge in [0, 0.05) is 13.0 Å². The van der Waals surface area contributed by atoms with Crippen LogP contribution in [0.5, 0.6) is 5.75 Å². The van der Waals surface area contributed by atoms with E-state index in [-0.39, 0.29) is 23.7 Å². The minimum absolute atomic E-state index is 0.0155. The molecule has 0 aromatic heterocycles. The van der Waals surface area contributed by atoms with Crippen molar-refractivity contribution in [3.8, 4) is 5.75 Å². The molecule has 0 heterocycles. The van der Waals surface area contributed by atoms with Crippen molar-refractivity contribution in [1.82, 2.24) is 5.32 Å². The maximum Gasteiger partial charge on any atom is 0.309 e. The number of hydrogen-bond donors (Lipinski definition) is 1. The summed E-state index contributed by atoms with van der Waals surface area (Å²) in [5.74, 6) is 0.805. The van der Waals surface area contributed by atoms with Gasteiger partial charge in [0.1, 0.15) is 5.75 Å². The van der Waals surface area contributed by atoms with E-state index in [1.165, 1.54) is 12.7 Å². The average molecular weight is 347 g/mol. The zero-order chi connectivity index (χ0) is 18.1. The zero-order valence-electron chi connectivity index (χ0n) is 15.3. The largest absolute Gasteiger partial charge is 0.494 e. The van der Waals surface area contributed by atoms with E-state index in [0.717, 1.165) is 31.4 Å². The number of rotatable bonds is 8. The lowest BCUT2D eigenvalue weighted by atomic mass is 9.79. The lowest BCUT2D eigenvalue weighted by Gasteiger charge is -2.29. The predicted octanol–water partition coefficient (Wildman–Crippen LogP) is 3.25. The van der Waals surface area contributed by atoms with Gasteiger partial charge < -0.3 is 14.8 Å². The smallest absolute Gasteiger partial charge is 0.309 e. The molecular weight excluding hydrogens is 318 g/mol. The summed E-state index contributed by atoms with van der Waals surface area (Å²) in [5.41, 5.74) is 1.19. The highest BCUT2D eigenvalue weighted by Gasteiger charge is 2.31. The van der Waals surface area contributed by atoms with Crippen molar-refractivity contribution in [3.63, 3.8) is 0 Å². The van der Waals surface area contributed by atoms with Crippen molar-refractivity contribution in [2.75, 3.05) is 20.3 Å². The lowest BCUT2D eigenvalue weighted by molar-refractivity contribution is -0.148. The first-order chi connectivity index (χ1) is 12.1. The standard InChI is InChI=1S/C20H29NO4/c1-15-9-11-17(12-10-15)25-13-5-8-19(22)21-14-16-6-3-4-7-18(16)20(23)24-2/h9-12,16,18H,3-8,13-14H2,1-2H3,(H,21,22). The maximum atomic E-state index is 12.0. The number of nitrogens with one attached hydrogen (secondary N) is 1. The molecule has 1 saturated carbocycles. The van der Waals surface area contributed by atoms with E-state index in [0.29, 0.717) is 26.0 Å². The number of benzene rings is 1. The highest BCUT2D eigenvalue weighted by molar-refractivity contribution is 5.76. The van der Waals surface area contributed by atoms with Gasteiger partial charge in [-0.2, -0.15) is 0 Å². The van der Waals surface area contributed by atoms with Crippen LogP contribution in [-0.2, 0) is 14.3 Å². The number of ether oxygens (including phenoxy) is 2. The monoisotopic (exact) mass is 347 g/mol. The first kappa shape index (κ1) is 19.3. The molecule has 0 radical (unpaired) electrons. The molecule has 0 bridgehead atoms. The number of hydrogen-bond acceptors (Lipinski definition) is 4. The van der Waals surface area contributed by atoms with Crippen LogP contribution in [0, 0.1) is 18.8 Å². The van der Waals surface area contributed by atoms with Gasteiger partial charge in [-0.25, -0.2) is 0 Å². The molecule has 0 spiro atoms. The Hall–Kier alpha value is -2.04. The second-order valence-electron chi connectivity index (χ2n) is 6.74. The van der Waals surface area contributed by atoms with E-state index in [9.17, 15) is 9.59 Å². The van der Waals surface area contributed by atoms with Crippen LogP contribution in [0.3, 0.4) is 0 Å². The van der Waals surface area contributed by atoms with E-state index in [4.69, 9.17) is 9.47 Å². The lowest BCUT2D eigenvalue weighted by Crippen LogP contribution is -2.37. The Labute approximate surface area is 150 Å². The predicted molar refractivity (Wildman–Crippen MR) is 96.4 cm³/mol. The molecule has 2 rings (SSSR count). The van der Waals surface area contributed by atoms with Crippen molar-refractivity contribution in [3.05, 3.63) is 29.8 Å². The van der Waals surface area contributed by atoms with Crippen LogP contribution >= 0.6 is 0 Å². The van der Waals surface area contributed by atoms with Crippen LogP contribution in [0.15, 0.2) is 24.3 Å². The molecule has 5 heteroatoms. The molecule has 2 unspecified atom stereocenters. The SMILES string of the molecule is COC(=O)C1CCCCC1CNC(=O)CCCOc1ccc(C)cc1. The van der Waals surface area contributed by atoms with E-state index in [1.54, 1.807) is 0 Å². The Morgan fingerprint density at radius 2 is 1.88 bits per heavy atom. The van der Waals surface area contributed by atoms with E-state index in [2.05, 4.69) is 5.32 Å². The Bertz CT molecular complexity index is 555. The minimum atomic E-state index is -0.148. The van der Waals surface area contributed by atoms with Crippen molar-refractivity contribution in [2.45, 2.75) is 45.4 Å². The number of esters is 1. The molecule has 1 aromatic rings. The molecule has 25 heavy (non-hydrogen) atoms. The molecule has 138 valence electrons. The second kappa shape index (κ2) is 10.1. The summed E-state index contributed by atoms with van der Waals surface area (Å²) in [6, 6.07) is 7.88. The fraction of sp³-hybridized carbons (Fsp3) is 0.600. The van der Waals surface area contributed by atoms with E-state index < -0.39 is 0 Å². The molecule has 1 fully saturated rings. The van der Waals surface area contributed by atoms with Gasteiger partial charge in [0.05, 0.1) is 19.6 Å². The Morgan fingerprint density at radius 1 is 1.16 bits per heavy atom. The fourth-order valence-corrected chi connectivity index (χ4v) is 3.30. The van der Waals surface area contributed by atoms with E-state index >= 15 is 0 Å². The molecular formula is C20H29NO4. The third-order valence-corrected chi connectivity index (χ3v) is 4.81. The van der Waals surface area contributed by atoms with Gasteiger partial charge in [0.2, 0.25) is 5.91 Å². The third-order valence-electron chi connectivity index (χ3n) is 4.81. The first-order valence-corrected chi connectivity index (χ1v) is 9.14. The van der Waals surface area contributed by atoms with Crippen LogP contribution in [0.1, 0.15) is 44.1 Å². The van der Waals surface area contributed by atoms with Gasteiger partial charge >= 0.3 is 5.97 Å². The Kier molecular flexibility index (Phi) is 7.76. The summed E-state index contributed by atoms with van der Waals surface area (Å²) in [6.07, 6.45) is 5.10. The van der Waals surface area contributed by atoms with Crippen molar-refractivity contribution < 1.29 is 19.1 Å². The summed E-state index contributed by atoms with van der Waals surface area (Å²) >= 11 is 0. The average Bonchev–Trinajstić information content (AvgIpc) is 2.64. The number of methoxy groups -OCH3 is 1. The minimum Gasteiger partial charge on any atom is -0.494 e. The quantitative estimate of drug-likeness (QED) is 0.579. The molecule has 1 aromatic carbocycles. The van der Waals surface area contributed by atoms with Crippen LogP contribution < -0.4 is 10.1 Å². The van der Waals surface area contributed by atoms with Gasteiger partial charge in [-0.1, -0.05) is 30.5 Å². The van der Waals surface area contributed by atoms with E-state index in [1.807, 2.05) is 31.2 Å². The van der Waals surface area contributed by atoms with Crippen LogP contribution in [-0.4, -0.2) is 32.1 Å². The van der Waals surface area contributed by atoms with Crippen LogP contribution in [0.4, 0.5) is 0 Å². The molecule has 2 atom stereocenters. The third kappa shape index (κ3) is 6.40. The molecule has 0 aliphatic heterocycles. The summed E-state index contributed by atoms with van der Waals surface area (Å²) in [5, 5.41) is 2.97. The van der Waals surface area contributed by atoms with Crippen molar-refractivity contribution >= 4 is 11.9 Å². The van der Waals surface area contributed by atoms with Gasteiger partial charge in [0.15, 0.2) is 0 Å². The van der Waals surface area contributed by atoms with Crippen molar-refractivity contribution in [1.29, 1.82) is 0 Å². The maximum absolute atomic E-state index is 12.0. The van der Waals surface area contributed by atoms with Gasteiger partial charge in [0.25, 0.3) is 0 Å². The normalized spacial score (nSPS) is 19.9. The molecule has 1 amide bonds. The highest BCUT2D eigenvalue weighted by Crippen LogP contribution is 2.30. The molecule has 1 aliphatic carbocycles. The molecule has 5 nitrogen and oxygen atoms in total. The van der Waals surface area contributed by atoms with Gasteiger partial charge in [-0.3, -0.25) is 9.59 Å².